The lowest BCUT2D eigenvalue weighted by Crippen LogP contribution is -2.68. The number of rotatable bonds is 8. The van der Waals surface area contributed by atoms with Crippen LogP contribution < -0.4 is 4.90 Å². The summed E-state index contributed by atoms with van der Waals surface area (Å²) >= 11 is 7.81. The second-order valence-electron chi connectivity index (χ2n) is 8.76. The molecule has 0 spiro atoms. The summed E-state index contributed by atoms with van der Waals surface area (Å²) in [5, 5.41) is 9.71. The summed E-state index contributed by atoms with van der Waals surface area (Å²) in [7, 11) is 0. The summed E-state index contributed by atoms with van der Waals surface area (Å²) in [6.45, 7) is 13.0. The van der Waals surface area contributed by atoms with Crippen molar-refractivity contribution in [1.29, 1.82) is 0 Å². The second-order valence-corrected chi connectivity index (χ2v) is 9.90. The molecule has 2 aromatic carbocycles. The Morgan fingerprint density at radius 2 is 1.82 bits per heavy atom. The van der Waals surface area contributed by atoms with Gasteiger partial charge >= 0.3 is 0 Å². The number of azo groups is 1. The van der Waals surface area contributed by atoms with Crippen molar-refractivity contribution < 1.29 is 4.48 Å². The van der Waals surface area contributed by atoms with E-state index < -0.39 is 0 Å². The minimum Gasteiger partial charge on any atom is -0.366 e. The van der Waals surface area contributed by atoms with Crippen LogP contribution in [0.5, 0.6) is 0 Å². The van der Waals surface area contributed by atoms with E-state index in [1.165, 1.54) is 61.8 Å². The van der Waals surface area contributed by atoms with Gasteiger partial charge in [0.15, 0.2) is 5.82 Å². The molecule has 0 aliphatic carbocycles. The molecule has 0 unspecified atom stereocenters. The minimum atomic E-state index is 0.514. The van der Waals surface area contributed by atoms with E-state index in [2.05, 4.69) is 42.4 Å². The Kier molecular flexibility index (Phi) is 6.69. The Labute approximate surface area is 204 Å². The van der Waals surface area contributed by atoms with Crippen molar-refractivity contribution in [2.24, 2.45) is 10.2 Å². The van der Waals surface area contributed by atoms with Crippen LogP contribution in [0.3, 0.4) is 0 Å². The van der Waals surface area contributed by atoms with Gasteiger partial charge in [-0.25, -0.2) is 0 Å². The monoisotopic (exact) mass is 482 g/mol. The van der Waals surface area contributed by atoms with Gasteiger partial charge in [0.05, 0.1) is 37.7 Å². The van der Waals surface area contributed by atoms with E-state index in [4.69, 9.17) is 11.6 Å². The van der Waals surface area contributed by atoms with Crippen molar-refractivity contribution in [2.75, 3.05) is 63.8 Å². The van der Waals surface area contributed by atoms with Crippen molar-refractivity contribution in [1.82, 2.24) is 14.3 Å². The van der Waals surface area contributed by atoms with Crippen LogP contribution in [0.25, 0.3) is 11.4 Å². The first kappa shape index (κ1) is 22.4. The summed E-state index contributed by atoms with van der Waals surface area (Å²) in [5.74, 6) is 0.663. The first-order chi connectivity index (χ1) is 16.1. The first-order valence-electron chi connectivity index (χ1n) is 11.6. The molecule has 4 heterocycles. The largest absolute Gasteiger partial charge is 0.366 e. The minimum absolute atomic E-state index is 0.514. The smallest absolute Gasteiger partial charge is 0.249 e. The van der Waals surface area contributed by atoms with Crippen LogP contribution in [-0.4, -0.2) is 77.6 Å². The van der Waals surface area contributed by atoms with E-state index in [1.807, 2.05) is 42.5 Å². The third kappa shape index (κ3) is 5.09. The van der Waals surface area contributed by atoms with E-state index >= 15 is 0 Å². The number of quaternary nitrogens is 1. The van der Waals surface area contributed by atoms with Crippen LogP contribution in [0.4, 0.5) is 16.5 Å². The van der Waals surface area contributed by atoms with E-state index in [1.54, 1.807) is 0 Å². The van der Waals surface area contributed by atoms with Crippen molar-refractivity contribution in [3.8, 4) is 11.4 Å². The van der Waals surface area contributed by atoms with E-state index in [-0.39, 0.29) is 0 Å². The Morgan fingerprint density at radius 1 is 1.06 bits per heavy atom. The molecule has 7 nitrogen and oxygen atoms in total. The Morgan fingerprint density at radius 3 is 2.52 bits per heavy atom. The molecular formula is C24H29ClN7S+. The summed E-state index contributed by atoms with van der Waals surface area (Å²) < 4.78 is 5.64. The molecule has 33 heavy (non-hydrogen) atoms. The van der Waals surface area contributed by atoms with Gasteiger partial charge < -0.3 is 9.38 Å². The van der Waals surface area contributed by atoms with Crippen LogP contribution in [0.15, 0.2) is 58.8 Å². The van der Waals surface area contributed by atoms with Gasteiger partial charge in [-0.05, 0) is 25.1 Å². The number of halogens is 1. The number of fused-ring (bicyclic) bond motifs is 3. The summed E-state index contributed by atoms with van der Waals surface area (Å²) in [4.78, 5) is 9.47. The number of piperazine rings is 3. The van der Waals surface area contributed by atoms with E-state index in [0.29, 0.717) is 21.7 Å². The summed E-state index contributed by atoms with van der Waals surface area (Å²) in [5.41, 5.74) is 2.74. The zero-order valence-corrected chi connectivity index (χ0v) is 20.5. The number of anilines is 1. The number of hydrogen-bond donors (Lipinski definition) is 0. The van der Waals surface area contributed by atoms with Gasteiger partial charge in [0.2, 0.25) is 5.13 Å². The zero-order chi connectivity index (χ0) is 22.7. The molecule has 0 N–H and O–H groups in total. The normalized spacial score (nSPS) is 22.2. The summed E-state index contributed by atoms with van der Waals surface area (Å²) in [6.07, 6.45) is 0. The van der Waals surface area contributed by atoms with Crippen molar-refractivity contribution in [2.45, 2.75) is 6.92 Å². The molecular weight excluding hydrogens is 454 g/mol. The van der Waals surface area contributed by atoms with Gasteiger partial charge in [-0.1, -0.05) is 41.9 Å². The molecule has 0 radical (unpaired) electrons. The van der Waals surface area contributed by atoms with Gasteiger partial charge in [0.25, 0.3) is 0 Å². The third-order valence-electron chi connectivity index (χ3n) is 6.88. The van der Waals surface area contributed by atoms with E-state index in [9.17, 15) is 0 Å². The van der Waals surface area contributed by atoms with Crippen LogP contribution in [-0.2, 0) is 0 Å². The van der Waals surface area contributed by atoms with Gasteiger partial charge in [0, 0.05) is 49.0 Å². The fourth-order valence-electron chi connectivity index (χ4n) is 4.70. The quantitative estimate of drug-likeness (QED) is 0.325. The lowest BCUT2D eigenvalue weighted by Gasteiger charge is -2.51. The maximum atomic E-state index is 6.59. The molecule has 3 fully saturated rings. The Bertz CT molecular complexity index is 1100. The van der Waals surface area contributed by atoms with Crippen molar-refractivity contribution in [3.63, 3.8) is 0 Å². The second kappa shape index (κ2) is 9.85. The summed E-state index contributed by atoms with van der Waals surface area (Å²) in [6, 6.07) is 15.9. The SMILES string of the molecule is CCN(CC[N+]12CCN(CC1)CC2)c1ccc(N=Nc2nc(-c3ccccc3)ns2)c(Cl)c1. The number of benzene rings is 2. The van der Waals surface area contributed by atoms with Crippen LogP contribution in [0, 0.1) is 0 Å². The zero-order valence-electron chi connectivity index (χ0n) is 18.9. The Hall–Kier alpha value is -2.39. The lowest BCUT2D eigenvalue weighted by molar-refractivity contribution is -0.939. The van der Waals surface area contributed by atoms with Crippen LogP contribution in [0.2, 0.25) is 5.02 Å². The van der Waals surface area contributed by atoms with Crippen molar-refractivity contribution >= 4 is 39.6 Å². The fourth-order valence-corrected chi connectivity index (χ4v) is 5.43. The molecule has 3 aromatic rings. The average Bonchev–Trinajstić information content (AvgIpc) is 3.35. The van der Waals surface area contributed by atoms with Gasteiger partial charge in [-0.3, -0.25) is 4.90 Å². The highest BCUT2D eigenvalue weighted by atomic mass is 35.5. The first-order valence-corrected chi connectivity index (χ1v) is 12.7. The molecule has 9 heteroatoms. The number of likely N-dealkylation sites (N-methyl/N-ethyl adjacent to an activating group) is 1. The highest BCUT2D eigenvalue weighted by molar-refractivity contribution is 7.09. The topological polar surface area (TPSA) is 57.0 Å². The molecule has 3 aliphatic rings. The number of hydrogen-bond acceptors (Lipinski definition) is 7. The molecule has 1 aromatic heterocycles. The molecule has 3 saturated heterocycles. The standard InChI is InChI=1S/C24H29ClN7S/c1-2-31(13-17-32-14-10-30(11-15-32)12-16-32)20-8-9-22(21(25)18-20)27-28-24-26-23(29-33-24)19-6-4-3-5-7-19/h3-9,18H,2,10-17H2,1H3/q+1. The molecule has 172 valence electrons. The van der Waals surface area contributed by atoms with Gasteiger partial charge in [-0.15, -0.1) is 10.2 Å². The molecule has 0 atom stereocenters. The highest BCUT2D eigenvalue weighted by Crippen LogP contribution is 2.32. The molecule has 6 rings (SSSR count). The maximum absolute atomic E-state index is 6.59. The molecule has 0 saturated carbocycles. The molecule has 0 amide bonds. The fraction of sp³-hybridized carbons (Fsp3) is 0.417. The van der Waals surface area contributed by atoms with E-state index in [0.717, 1.165) is 24.3 Å². The van der Waals surface area contributed by atoms with Gasteiger partial charge in [-0.2, -0.15) is 9.36 Å². The predicted molar refractivity (Wildman–Crippen MR) is 135 cm³/mol. The van der Waals surface area contributed by atoms with Crippen molar-refractivity contribution in [3.05, 3.63) is 53.6 Å². The van der Waals surface area contributed by atoms with Crippen LogP contribution in [0.1, 0.15) is 6.92 Å². The predicted octanol–water partition coefficient (Wildman–Crippen LogP) is 5.25. The number of aromatic nitrogens is 2. The average molecular weight is 483 g/mol. The lowest BCUT2D eigenvalue weighted by atomic mass is 10.1. The maximum Gasteiger partial charge on any atom is 0.249 e. The molecule has 2 bridgehead atoms. The third-order valence-corrected chi connectivity index (χ3v) is 7.79. The van der Waals surface area contributed by atoms with Crippen LogP contribution >= 0.6 is 23.1 Å². The highest BCUT2D eigenvalue weighted by Gasteiger charge is 2.38. The van der Waals surface area contributed by atoms with Gasteiger partial charge in [0.1, 0.15) is 5.69 Å². The number of nitrogens with zero attached hydrogens (tertiary/aromatic N) is 7. The Balaban J connectivity index is 1.24. The molecule has 3 aliphatic heterocycles.